The number of ketones is 3. The number of halogens is 2. The van der Waals surface area contributed by atoms with Gasteiger partial charge in [-0.3, -0.25) is 62.6 Å². The molecule has 0 aliphatic carbocycles. The SMILES string of the molecule is CCCC(=O)OCN(C(=O)[C@@H](CC(=O)[C@H]1CCCCN1C)C(C)CC)[C@H](CC(OC(C)=O)c1nc(C(=O)N[C@@H](Cc2ccc(O)cc2)C[C@H](C)C(=O)CNC(=O)OCCSSCC(CC(=O)CCC(=O)NCc2cc(C(=O)N[C@H](C)C(=O)N3CC(F)(F)C[C@H]3C#N)ccn2)C(=O)O)cs1)C(C)C. The van der Waals surface area contributed by atoms with Crippen LogP contribution in [0.1, 0.15) is 182 Å². The van der Waals surface area contributed by atoms with E-state index in [1.54, 1.807) is 25.1 Å². The second-order valence-corrected chi connectivity index (χ2v) is 29.8. The molecule has 102 heavy (non-hydrogen) atoms. The number of hydrogen-bond acceptors (Lipinski definition) is 23. The first-order chi connectivity index (χ1) is 48.3. The number of rotatable bonds is 42. The topological polar surface area (TPSA) is 380 Å². The zero-order valence-corrected chi connectivity index (χ0v) is 61.7. The molecule has 1 aromatic carbocycles. The van der Waals surface area contributed by atoms with Crippen LogP contribution < -0.4 is 21.3 Å². The van der Waals surface area contributed by atoms with Crippen LogP contribution in [0.15, 0.2) is 48.0 Å². The molecule has 32 heteroatoms. The predicted molar refractivity (Wildman–Crippen MR) is 375 cm³/mol. The van der Waals surface area contributed by atoms with Crippen LogP contribution >= 0.6 is 32.9 Å². The predicted octanol–water partition coefficient (Wildman–Crippen LogP) is 8.18. The fraction of sp³-hybridized carbons (Fsp3) is 0.614. The van der Waals surface area contributed by atoms with Crippen molar-refractivity contribution in [3.8, 4) is 11.8 Å². The number of benzene rings is 1. The van der Waals surface area contributed by atoms with Crippen LogP contribution in [0.2, 0.25) is 0 Å². The molecule has 4 heterocycles. The van der Waals surface area contributed by atoms with Crippen molar-refractivity contribution in [2.75, 3.05) is 51.5 Å². The maximum Gasteiger partial charge on any atom is 0.407 e. The van der Waals surface area contributed by atoms with Gasteiger partial charge in [-0.05, 0) is 94.3 Å². The van der Waals surface area contributed by atoms with Gasteiger partial charge in [-0.25, -0.2) is 18.6 Å². The van der Waals surface area contributed by atoms with E-state index in [-0.39, 0.29) is 133 Å². The zero-order valence-electron chi connectivity index (χ0n) is 59.2. The van der Waals surface area contributed by atoms with Crippen LogP contribution in [0.5, 0.6) is 5.75 Å². The van der Waals surface area contributed by atoms with Gasteiger partial charge in [0, 0.05) is 104 Å². The molecule has 2 aromatic heterocycles. The number of nitrogens with zero attached hydrogens (tertiary/aromatic N) is 6. The molecule has 0 spiro atoms. The van der Waals surface area contributed by atoms with Crippen molar-refractivity contribution in [1.82, 2.24) is 45.9 Å². The standard InChI is InChI=1S/C70H96F2N10O17S3/c1-10-14-62(89)98-40-82(67(93)54(42(5)11-2)31-58(86)56-15-12-13-24-80(56)9)57(41(3)4)32-60(99-45(8)83)65-79-55(38-100-65)64(91)78-49(28-46-16-18-52(84)19-17-46)27-43(6)59(87)36-76-69(96)97-25-26-101-102-37-48(68(94)95)30-53(85)20-21-61(88)75-35-50-29-47(22-23-74-50)63(90)77-44(7)66(92)81-39-70(71,72)33-51(81)34-73/h16-19,22-23,29,38,41-44,48-49,51,54,56-57,60,84H,10-15,20-21,24-28,30-33,35-37,39-40H2,1-9H3,(H,75,88)(H,76,96)(H,77,90)(H,78,91)(H,94,95)/t42?,43-,44+,48?,49+,51-,54-,56+,57+,60?/m0/s1. The van der Waals surface area contributed by atoms with Gasteiger partial charge >= 0.3 is 24.0 Å². The number of aromatic nitrogens is 2. The first kappa shape index (κ1) is 84.5. The Bertz CT molecular complexity index is 3430. The van der Waals surface area contributed by atoms with Crippen molar-refractivity contribution in [3.05, 3.63) is 75.5 Å². The molecule has 0 radical (unpaired) electrons. The number of likely N-dealkylation sites (tertiary alicyclic amines) is 2. The van der Waals surface area contributed by atoms with E-state index in [0.29, 0.717) is 24.8 Å². The number of carboxylic acid groups (broad SMARTS) is 1. The molecule has 3 aromatic rings. The van der Waals surface area contributed by atoms with E-state index in [9.17, 15) is 77.0 Å². The van der Waals surface area contributed by atoms with E-state index < -0.39 is 139 Å². The monoisotopic (exact) mass is 1480 g/mol. The Morgan fingerprint density at radius 1 is 0.902 bits per heavy atom. The zero-order chi connectivity index (χ0) is 75.4. The van der Waals surface area contributed by atoms with Crippen LogP contribution in [0.25, 0.3) is 0 Å². The van der Waals surface area contributed by atoms with E-state index in [1.165, 1.54) is 65.4 Å². The number of alkyl halides is 2. The summed E-state index contributed by atoms with van der Waals surface area (Å²) in [6.07, 6.45) is 1.62. The molecule has 3 unspecified atom stereocenters. The van der Waals surface area contributed by atoms with Crippen molar-refractivity contribution in [1.29, 1.82) is 5.26 Å². The van der Waals surface area contributed by atoms with Gasteiger partial charge in [-0.2, -0.15) is 5.26 Å². The number of carbonyl (C=O) groups is 12. The van der Waals surface area contributed by atoms with Crippen molar-refractivity contribution >= 4 is 104 Å². The van der Waals surface area contributed by atoms with E-state index >= 15 is 4.79 Å². The summed E-state index contributed by atoms with van der Waals surface area (Å²) in [5, 5.41) is 41.3. The number of carboxylic acids is 1. The largest absolute Gasteiger partial charge is 0.508 e. The summed E-state index contributed by atoms with van der Waals surface area (Å²) >= 11 is 1.05. The van der Waals surface area contributed by atoms with Crippen LogP contribution in [0, 0.1) is 40.9 Å². The summed E-state index contributed by atoms with van der Waals surface area (Å²) in [6.45, 7) is 12.3. The van der Waals surface area contributed by atoms with Crippen molar-refractivity contribution in [3.63, 3.8) is 0 Å². The molecule has 2 aliphatic heterocycles. The number of piperidine rings is 1. The van der Waals surface area contributed by atoms with Crippen LogP contribution in [0.3, 0.4) is 0 Å². The van der Waals surface area contributed by atoms with Gasteiger partial charge in [-0.1, -0.05) is 88.1 Å². The summed E-state index contributed by atoms with van der Waals surface area (Å²) in [5.74, 6) is -12.6. The molecule has 0 saturated carbocycles. The molecule has 5 rings (SSSR count). The van der Waals surface area contributed by atoms with Crippen LogP contribution in [-0.4, -0.2) is 193 Å². The van der Waals surface area contributed by atoms with Gasteiger partial charge in [0.2, 0.25) is 17.7 Å². The van der Waals surface area contributed by atoms with E-state index in [1.807, 2.05) is 46.6 Å². The average Bonchev–Trinajstić information content (AvgIpc) is 1.56. The van der Waals surface area contributed by atoms with E-state index in [0.717, 1.165) is 46.4 Å². The number of aliphatic carboxylic acids is 1. The second kappa shape index (κ2) is 41.8. The summed E-state index contributed by atoms with van der Waals surface area (Å²) in [7, 11) is 4.22. The van der Waals surface area contributed by atoms with E-state index in [4.69, 9.17) is 14.2 Å². The third kappa shape index (κ3) is 27.6. The summed E-state index contributed by atoms with van der Waals surface area (Å²) < 4.78 is 44.7. The number of nitriles is 1. The van der Waals surface area contributed by atoms with Gasteiger partial charge in [0.15, 0.2) is 24.4 Å². The lowest BCUT2D eigenvalue weighted by Crippen LogP contribution is -2.50. The Morgan fingerprint density at radius 3 is 2.28 bits per heavy atom. The minimum atomic E-state index is -3.24. The number of Topliss-reactive ketones (excluding diaryl/α,β-unsaturated/α-hetero) is 3. The molecule has 27 nitrogen and oxygen atoms in total. The number of thiazole rings is 1. The number of ether oxygens (including phenoxy) is 3. The molecule has 560 valence electrons. The molecular weight excluding hydrogens is 1390 g/mol. The van der Waals surface area contributed by atoms with Gasteiger partial charge < -0.3 is 55.5 Å². The van der Waals surface area contributed by atoms with Gasteiger partial charge in [0.1, 0.15) is 40.9 Å². The third-order valence-electron chi connectivity index (χ3n) is 17.8. The summed E-state index contributed by atoms with van der Waals surface area (Å²) in [6, 6.07) is 6.30. The van der Waals surface area contributed by atoms with Gasteiger partial charge in [0.25, 0.3) is 17.7 Å². The molecule has 2 aliphatic rings. The summed E-state index contributed by atoms with van der Waals surface area (Å²) in [5.41, 5.74) is 0.946. The fourth-order valence-corrected chi connectivity index (χ4v) is 14.8. The second-order valence-electron chi connectivity index (χ2n) is 26.3. The lowest BCUT2D eigenvalue weighted by molar-refractivity contribution is -0.162. The number of alkyl carbamates (subject to hydrolysis) is 1. The number of pyridine rings is 1. The normalized spacial score (nSPS) is 17.4. The van der Waals surface area contributed by atoms with Crippen LogP contribution in [0.4, 0.5) is 13.6 Å². The van der Waals surface area contributed by atoms with Gasteiger partial charge in [-0.15, -0.1) is 11.3 Å². The Labute approximate surface area is 605 Å². The van der Waals surface area contributed by atoms with Crippen molar-refractivity contribution in [2.24, 2.45) is 29.6 Å². The average molecular weight is 1480 g/mol. The molecular formula is C70H96F2N10O17S3. The Kier molecular flexibility index (Phi) is 34.7. The molecule has 6 amide bonds. The van der Waals surface area contributed by atoms with Crippen molar-refractivity contribution < 1.29 is 90.7 Å². The van der Waals surface area contributed by atoms with Crippen molar-refractivity contribution in [2.45, 2.75) is 194 Å². The first-order valence-corrected chi connectivity index (χ1v) is 37.6. The maximum absolute atomic E-state index is 15.0. The number of nitrogens with one attached hydrogen (secondary N) is 4. The van der Waals surface area contributed by atoms with Crippen LogP contribution in [-0.2, 0) is 70.3 Å². The van der Waals surface area contributed by atoms with Gasteiger partial charge in [0.05, 0.1) is 43.4 Å². The lowest BCUT2D eigenvalue weighted by atomic mass is 9.82. The maximum atomic E-state index is 15.0. The minimum absolute atomic E-state index is 0.00331. The fourth-order valence-electron chi connectivity index (χ4n) is 11.8. The Hall–Kier alpha value is -8.15. The highest BCUT2D eigenvalue weighted by atomic mass is 33.1. The highest BCUT2D eigenvalue weighted by Crippen LogP contribution is 2.35. The highest BCUT2D eigenvalue weighted by Gasteiger charge is 2.48. The quantitative estimate of drug-likeness (QED) is 0.0102. The lowest BCUT2D eigenvalue weighted by Gasteiger charge is -2.39. The Morgan fingerprint density at radius 2 is 1.63 bits per heavy atom. The first-order valence-electron chi connectivity index (χ1n) is 34.3. The number of phenols is 1. The molecule has 6 N–H and O–H groups in total. The highest BCUT2D eigenvalue weighted by molar-refractivity contribution is 8.76. The molecule has 0 bridgehead atoms. The number of amides is 6. The minimum Gasteiger partial charge on any atom is -0.508 e. The van der Waals surface area contributed by atoms with E-state index in [2.05, 4.69) is 31.2 Å². The number of aromatic hydroxyl groups is 1. The number of carbonyl (C=O) groups excluding carboxylic acids is 11. The number of phenolic OH excluding ortho intramolecular Hbond substituents is 1. The number of esters is 2. The molecule has 2 saturated heterocycles. The number of likely N-dealkylation sites (N-methyl/N-ethyl adjacent to an activating group) is 1. The number of hydrogen-bond donors (Lipinski definition) is 6. The third-order valence-corrected chi connectivity index (χ3v) is 21.2. The summed E-state index contributed by atoms with van der Waals surface area (Å²) in [4.78, 5) is 172. The molecule has 2 fully saturated rings. The smallest absolute Gasteiger partial charge is 0.407 e. The molecule has 10 atom stereocenters. The Balaban J connectivity index is 1.10.